The number of nitrogens with zero attached hydrogens (tertiary/aromatic N) is 1. The maximum absolute atomic E-state index is 12.3. The average Bonchev–Trinajstić information content (AvgIpc) is 2.98. The maximum atomic E-state index is 12.3. The Balaban J connectivity index is 1.74. The van der Waals surface area contributed by atoms with Crippen LogP contribution in [0.3, 0.4) is 0 Å². The van der Waals surface area contributed by atoms with Crippen LogP contribution < -0.4 is 10.1 Å². The summed E-state index contributed by atoms with van der Waals surface area (Å²) in [5, 5.41) is 2.94. The molecule has 5 heteroatoms. The molecule has 0 atom stereocenters. The highest BCUT2D eigenvalue weighted by Crippen LogP contribution is 2.24. The minimum absolute atomic E-state index is 0.0468. The van der Waals surface area contributed by atoms with E-state index in [0.29, 0.717) is 6.42 Å². The topological polar surface area (TPSA) is 67.0 Å². The minimum atomic E-state index is -0.0665. The third-order valence-corrected chi connectivity index (χ3v) is 3.97. The van der Waals surface area contributed by atoms with Crippen LogP contribution >= 0.6 is 0 Å². The van der Waals surface area contributed by atoms with Crippen molar-refractivity contribution >= 4 is 22.6 Å². The molecule has 0 bridgehead atoms. The number of nitrogens with one attached hydrogen (secondary N) is 2. The van der Waals surface area contributed by atoms with Crippen molar-refractivity contribution in [3.05, 3.63) is 53.9 Å². The van der Waals surface area contributed by atoms with Gasteiger partial charge in [-0.1, -0.05) is 32.9 Å². The Morgan fingerprint density at radius 3 is 2.72 bits per heavy atom. The molecule has 5 nitrogen and oxygen atoms in total. The SMILES string of the molecule is COc1cccc(CC(=O)Nc2ccc3nc(C(C)(C)C)[nH]c3c2)c1. The number of carbonyl (C=O) groups excluding carboxylic acids is 1. The molecule has 0 aliphatic rings. The van der Waals surface area contributed by atoms with Gasteiger partial charge in [0, 0.05) is 11.1 Å². The van der Waals surface area contributed by atoms with Crippen LogP contribution in [0, 0.1) is 0 Å². The van der Waals surface area contributed by atoms with Crippen LogP contribution in [0.1, 0.15) is 32.2 Å². The van der Waals surface area contributed by atoms with E-state index in [2.05, 4.69) is 36.1 Å². The highest BCUT2D eigenvalue weighted by Gasteiger charge is 2.18. The van der Waals surface area contributed by atoms with Crippen molar-refractivity contribution in [1.82, 2.24) is 9.97 Å². The summed E-state index contributed by atoms with van der Waals surface area (Å²) in [5.74, 6) is 1.62. The molecule has 0 saturated heterocycles. The molecule has 3 rings (SSSR count). The van der Waals surface area contributed by atoms with E-state index in [1.807, 2.05) is 42.5 Å². The van der Waals surface area contributed by atoms with Crippen molar-refractivity contribution in [3.8, 4) is 5.75 Å². The highest BCUT2D eigenvalue weighted by molar-refractivity contribution is 5.94. The number of carbonyl (C=O) groups is 1. The van der Waals surface area contributed by atoms with Gasteiger partial charge in [-0.15, -0.1) is 0 Å². The van der Waals surface area contributed by atoms with Gasteiger partial charge in [-0.25, -0.2) is 4.98 Å². The van der Waals surface area contributed by atoms with Gasteiger partial charge in [0.05, 0.1) is 24.6 Å². The van der Waals surface area contributed by atoms with E-state index in [4.69, 9.17) is 4.74 Å². The second-order valence-corrected chi connectivity index (χ2v) is 7.14. The molecule has 0 saturated carbocycles. The number of amides is 1. The lowest BCUT2D eigenvalue weighted by molar-refractivity contribution is -0.115. The summed E-state index contributed by atoms with van der Waals surface area (Å²) in [6, 6.07) is 13.2. The molecule has 0 aliphatic carbocycles. The molecule has 25 heavy (non-hydrogen) atoms. The molecule has 0 unspecified atom stereocenters. The van der Waals surface area contributed by atoms with Crippen LogP contribution in [0.15, 0.2) is 42.5 Å². The predicted molar refractivity (Wildman–Crippen MR) is 100 cm³/mol. The standard InChI is InChI=1S/C20H23N3O2/c1-20(2,3)19-22-16-9-8-14(12-17(16)23-19)21-18(24)11-13-6-5-7-15(10-13)25-4/h5-10,12H,11H2,1-4H3,(H,21,24)(H,22,23). The summed E-state index contributed by atoms with van der Waals surface area (Å²) < 4.78 is 5.19. The molecule has 2 N–H and O–H groups in total. The Kier molecular flexibility index (Phi) is 4.49. The van der Waals surface area contributed by atoms with E-state index in [1.165, 1.54) is 0 Å². The van der Waals surface area contributed by atoms with E-state index in [-0.39, 0.29) is 11.3 Å². The van der Waals surface area contributed by atoms with Crippen LogP contribution in [0.4, 0.5) is 5.69 Å². The van der Waals surface area contributed by atoms with Crippen LogP contribution in [-0.4, -0.2) is 23.0 Å². The van der Waals surface area contributed by atoms with Gasteiger partial charge in [0.1, 0.15) is 11.6 Å². The number of ether oxygens (including phenoxy) is 1. The summed E-state index contributed by atoms with van der Waals surface area (Å²) >= 11 is 0. The van der Waals surface area contributed by atoms with Crippen LogP contribution in [0.2, 0.25) is 0 Å². The quantitative estimate of drug-likeness (QED) is 0.755. The number of aromatic amines is 1. The van der Waals surface area contributed by atoms with Gasteiger partial charge in [0.2, 0.25) is 5.91 Å². The fourth-order valence-corrected chi connectivity index (χ4v) is 2.62. The Morgan fingerprint density at radius 1 is 1.20 bits per heavy atom. The van der Waals surface area contributed by atoms with Crippen LogP contribution in [-0.2, 0) is 16.6 Å². The smallest absolute Gasteiger partial charge is 0.228 e. The number of aromatic nitrogens is 2. The molecule has 0 spiro atoms. The third-order valence-electron chi connectivity index (χ3n) is 3.97. The predicted octanol–water partition coefficient (Wildman–Crippen LogP) is 4.05. The summed E-state index contributed by atoms with van der Waals surface area (Å²) in [4.78, 5) is 20.2. The lowest BCUT2D eigenvalue weighted by Gasteiger charge is -2.13. The molecule has 0 aliphatic heterocycles. The largest absolute Gasteiger partial charge is 0.497 e. The Bertz CT molecular complexity index is 907. The Labute approximate surface area is 147 Å². The monoisotopic (exact) mass is 337 g/mol. The molecule has 1 aromatic heterocycles. The number of hydrogen-bond acceptors (Lipinski definition) is 3. The first-order valence-electron chi connectivity index (χ1n) is 8.28. The van der Waals surface area contributed by atoms with E-state index < -0.39 is 0 Å². The molecule has 0 fully saturated rings. The van der Waals surface area contributed by atoms with Gasteiger partial charge in [-0.2, -0.15) is 0 Å². The number of imidazole rings is 1. The number of anilines is 1. The highest BCUT2D eigenvalue weighted by atomic mass is 16.5. The van der Waals surface area contributed by atoms with E-state index >= 15 is 0 Å². The van der Waals surface area contributed by atoms with Crippen LogP contribution in [0.25, 0.3) is 11.0 Å². The van der Waals surface area contributed by atoms with Crippen molar-refractivity contribution in [2.24, 2.45) is 0 Å². The fourth-order valence-electron chi connectivity index (χ4n) is 2.62. The lowest BCUT2D eigenvalue weighted by atomic mass is 9.96. The summed E-state index contributed by atoms with van der Waals surface area (Å²) in [6.07, 6.45) is 0.297. The summed E-state index contributed by atoms with van der Waals surface area (Å²) in [5.41, 5.74) is 3.44. The molecule has 1 heterocycles. The molecule has 130 valence electrons. The average molecular weight is 337 g/mol. The van der Waals surface area contributed by atoms with Crippen molar-refractivity contribution in [2.45, 2.75) is 32.6 Å². The van der Waals surface area contributed by atoms with Gasteiger partial charge in [0.25, 0.3) is 0 Å². The van der Waals surface area contributed by atoms with Gasteiger partial charge in [-0.05, 0) is 35.9 Å². The Morgan fingerprint density at radius 2 is 2.00 bits per heavy atom. The zero-order valence-electron chi connectivity index (χ0n) is 15.0. The van der Waals surface area contributed by atoms with E-state index in [1.54, 1.807) is 7.11 Å². The number of methoxy groups -OCH3 is 1. The number of H-pyrrole nitrogens is 1. The van der Waals surface area contributed by atoms with Crippen molar-refractivity contribution in [2.75, 3.05) is 12.4 Å². The zero-order chi connectivity index (χ0) is 18.0. The minimum Gasteiger partial charge on any atom is -0.497 e. The lowest BCUT2D eigenvalue weighted by Crippen LogP contribution is -2.14. The number of benzene rings is 2. The van der Waals surface area contributed by atoms with Gasteiger partial charge < -0.3 is 15.0 Å². The molecule has 0 radical (unpaired) electrons. The summed E-state index contributed by atoms with van der Waals surface area (Å²) in [7, 11) is 1.62. The summed E-state index contributed by atoms with van der Waals surface area (Å²) in [6.45, 7) is 6.34. The molecular formula is C20H23N3O2. The van der Waals surface area contributed by atoms with E-state index in [0.717, 1.165) is 33.9 Å². The third kappa shape index (κ3) is 3.99. The Hall–Kier alpha value is -2.82. The number of fused-ring (bicyclic) bond motifs is 1. The van der Waals surface area contributed by atoms with Crippen LogP contribution in [0.5, 0.6) is 5.75 Å². The number of hydrogen-bond donors (Lipinski definition) is 2. The van der Waals surface area contributed by atoms with Gasteiger partial charge in [-0.3, -0.25) is 4.79 Å². The number of rotatable bonds is 4. The first kappa shape index (κ1) is 17.0. The van der Waals surface area contributed by atoms with Crippen molar-refractivity contribution in [1.29, 1.82) is 0 Å². The molecule has 3 aromatic rings. The molecule has 2 aromatic carbocycles. The second kappa shape index (κ2) is 6.59. The van der Waals surface area contributed by atoms with E-state index in [9.17, 15) is 4.79 Å². The first-order chi connectivity index (χ1) is 11.8. The maximum Gasteiger partial charge on any atom is 0.228 e. The molecule has 1 amide bonds. The zero-order valence-corrected chi connectivity index (χ0v) is 15.0. The molecular weight excluding hydrogens is 314 g/mol. The normalized spacial score (nSPS) is 11.5. The van der Waals surface area contributed by atoms with Crippen molar-refractivity contribution < 1.29 is 9.53 Å². The van der Waals surface area contributed by atoms with Gasteiger partial charge >= 0.3 is 0 Å². The first-order valence-corrected chi connectivity index (χ1v) is 8.28. The second-order valence-electron chi connectivity index (χ2n) is 7.14. The van der Waals surface area contributed by atoms with Gasteiger partial charge in [0.15, 0.2) is 0 Å². The fraction of sp³-hybridized carbons (Fsp3) is 0.300. The van der Waals surface area contributed by atoms with Crippen molar-refractivity contribution in [3.63, 3.8) is 0 Å².